The Morgan fingerprint density at radius 3 is 2.27 bits per heavy atom. The number of cyclic esters (lactones) is 1. The average Bonchev–Trinajstić information content (AvgIpc) is 3.15. The van der Waals surface area contributed by atoms with E-state index in [1.807, 2.05) is 72.8 Å². The lowest BCUT2D eigenvalue weighted by atomic mass is 10.0. The van der Waals surface area contributed by atoms with Gasteiger partial charge in [-0.1, -0.05) is 84.4 Å². The second-order valence-corrected chi connectivity index (χ2v) is 7.36. The van der Waals surface area contributed by atoms with Crippen LogP contribution in [0.15, 0.2) is 96.6 Å². The van der Waals surface area contributed by atoms with E-state index in [4.69, 9.17) is 16.3 Å². The topological polar surface area (TPSA) is 39.2 Å². The smallest absolute Gasteiger partial charge is 0.343 e. The Kier molecular flexibility index (Phi) is 4.66. The van der Waals surface area contributed by atoms with Crippen LogP contribution in [0, 0.1) is 0 Å². The van der Waals surface area contributed by atoms with Crippen LogP contribution in [0.4, 0.5) is 0 Å². The summed E-state index contributed by atoms with van der Waals surface area (Å²) in [5.74, 6) is 0.122. The molecule has 0 unspecified atom stereocenters. The first-order chi connectivity index (χ1) is 14.7. The molecule has 0 atom stereocenters. The van der Waals surface area contributed by atoms with E-state index >= 15 is 0 Å². The molecule has 5 rings (SSSR count). The van der Waals surface area contributed by atoms with Gasteiger partial charge in [0.2, 0.25) is 0 Å². The lowest BCUT2D eigenvalue weighted by Gasteiger charge is -2.05. The number of halogens is 1. The minimum atomic E-state index is -0.402. The number of para-hydroxylation sites is 1. The van der Waals surface area contributed by atoms with Crippen molar-refractivity contribution in [1.82, 2.24) is 4.98 Å². The molecule has 3 nitrogen and oxygen atoms in total. The number of carbonyl (C=O) groups is 1. The summed E-state index contributed by atoms with van der Waals surface area (Å²) in [6.45, 7) is 0. The second kappa shape index (κ2) is 7.62. The third-order valence-electron chi connectivity index (χ3n) is 5.02. The molecule has 0 saturated heterocycles. The molecule has 0 bridgehead atoms. The molecular formula is C26H16ClNO2. The van der Waals surface area contributed by atoms with Crippen molar-refractivity contribution >= 4 is 40.3 Å². The molecule has 30 heavy (non-hydrogen) atoms. The lowest BCUT2D eigenvalue weighted by molar-refractivity contribution is -0.130. The van der Waals surface area contributed by atoms with Gasteiger partial charge in [-0.25, -0.2) is 9.78 Å². The van der Waals surface area contributed by atoms with Gasteiger partial charge >= 0.3 is 5.97 Å². The van der Waals surface area contributed by atoms with Crippen molar-refractivity contribution in [2.75, 3.05) is 0 Å². The first-order valence-electron chi connectivity index (χ1n) is 9.54. The average molecular weight is 410 g/mol. The van der Waals surface area contributed by atoms with E-state index < -0.39 is 5.97 Å². The van der Waals surface area contributed by atoms with Crippen molar-refractivity contribution in [1.29, 1.82) is 0 Å². The molecule has 0 fully saturated rings. The number of esters is 1. The summed E-state index contributed by atoms with van der Waals surface area (Å²) in [5, 5.41) is 1.31. The molecule has 0 N–H and O–H groups in total. The first kappa shape index (κ1) is 18.3. The van der Waals surface area contributed by atoms with Crippen LogP contribution in [-0.4, -0.2) is 11.0 Å². The van der Waals surface area contributed by atoms with Crippen LogP contribution in [0.3, 0.4) is 0 Å². The quantitative estimate of drug-likeness (QED) is 0.219. The van der Waals surface area contributed by atoms with Crippen LogP contribution >= 0.6 is 11.6 Å². The fraction of sp³-hybridized carbons (Fsp3) is 0. The lowest BCUT2D eigenvalue weighted by Crippen LogP contribution is -1.97. The number of hydrogen-bond donors (Lipinski definition) is 0. The summed E-state index contributed by atoms with van der Waals surface area (Å²) in [4.78, 5) is 16.8. The Balaban J connectivity index is 1.46. The molecule has 4 heteroatoms. The molecule has 0 amide bonds. The first-order valence-corrected chi connectivity index (χ1v) is 9.92. The summed E-state index contributed by atoms with van der Waals surface area (Å²) >= 11 is 6.33. The van der Waals surface area contributed by atoms with Gasteiger partial charge in [-0.15, -0.1) is 0 Å². The highest BCUT2D eigenvalue weighted by Crippen LogP contribution is 2.31. The predicted molar refractivity (Wildman–Crippen MR) is 121 cm³/mol. The normalized spacial score (nSPS) is 14.8. The predicted octanol–water partition coefficient (Wildman–Crippen LogP) is 6.54. The summed E-state index contributed by atoms with van der Waals surface area (Å²) in [6, 6.07) is 27.7. The molecule has 1 aliphatic heterocycles. The number of benzene rings is 3. The van der Waals surface area contributed by atoms with E-state index in [0.717, 1.165) is 27.6 Å². The highest BCUT2D eigenvalue weighted by molar-refractivity contribution is 6.31. The van der Waals surface area contributed by atoms with E-state index in [0.29, 0.717) is 22.0 Å². The zero-order chi connectivity index (χ0) is 20.5. The monoisotopic (exact) mass is 409 g/mol. The molecule has 3 aromatic carbocycles. The van der Waals surface area contributed by atoms with Crippen molar-refractivity contribution in [3.63, 3.8) is 0 Å². The van der Waals surface area contributed by atoms with Crippen LogP contribution < -0.4 is 0 Å². The Hall–Kier alpha value is -3.69. The van der Waals surface area contributed by atoms with Gasteiger partial charge in [-0.3, -0.25) is 0 Å². The van der Waals surface area contributed by atoms with Gasteiger partial charge in [0, 0.05) is 16.5 Å². The minimum Gasteiger partial charge on any atom is -0.422 e. The summed E-state index contributed by atoms with van der Waals surface area (Å²) < 4.78 is 5.50. The number of ether oxygens (including phenoxy) is 1. The van der Waals surface area contributed by atoms with E-state index in [1.54, 1.807) is 12.2 Å². The SMILES string of the molecule is O=C1OC(c2ccc(-c3ccccc3)cc2)=C/C1=C\c1cc2ccccc2nc1Cl. The van der Waals surface area contributed by atoms with Crippen LogP contribution in [0.1, 0.15) is 11.1 Å². The van der Waals surface area contributed by atoms with Crippen molar-refractivity contribution in [2.45, 2.75) is 0 Å². The van der Waals surface area contributed by atoms with E-state index in [1.165, 1.54) is 0 Å². The summed E-state index contributed by atoms with van der Waals surface area (Å²) in [5.41, 5.74) is 5.02. The molecule has 0 radical (unpaired) electrons. The van der Waals surface area contributed by atoms with Crippen molar-refractivity contribution in [2.24, 2.45) is 0 Å². The maximum absolute atomic E-state index is 12.4. The molecular weight excluding hydrogens is 394 g/mol. The zero-order valence-corrected chi connectivity index (χ0v) is 16.6. The van der Waals surface area contributed by atoms with Gasteiger partial charge in [-0.05, 0) is 35.4 Å². The number of hydrogen-bond acceptors (Lipinski definition) is 3. The number of fused-ring (bicyclic) bond motifs is 1. The third kappa shape index (κ3) is 3.51. The highest BCUT2D eigenvalue weighted by Gasteiger charge is 2.22. The van der Waals surface area contributed by atoms with Crippen molar-refractivity contribution in [3.05, 3.63) is 113 Å². The van der Waals surface area contributed by atoms with Gasteiger partial charge < -0.3 is 4.74 Å². The van der Waals surface area contributed by atoms with Gasteiger partial charge in [0.25, 0.3) is 0 Å². The number of pyridine rings is 1. The molecule has 0 spiro atoms. The second-order valence-electron chi connectivity index (χ2n) is 7.00. The van der Waals surface area contributed by atoms with Crippen LogP contribution in [-0.2, 0) is 9.53 Å². The Labute approximate surface area is 178 Å². The fourth-order valence-electron chi connectivity index (χ4n) is 3.47. The van der Waals surface area contributed by atoms with Crippen LogP contribution in [0.25, 0.3) is 33.9 Å². The van der Waals surface area contributed by atoms with Gasteiger partial charge in [-0.2, -0.15) is 0 Å². The minimum absolute atomic E-state index is 0.350. The standard InChI is InChI=1S/C26H16ClNO2/c27-25-21(14-20-8-4-5-9-23(20)28-25)15-22-16-24(30-26(22)29)19-12-10-18(11-13-19)17-6-2-1-3-7-17/h1-16H/b22-15+. The molecule has 0 saturated carbocycles. The van der Waals surface area contributed by atoms with Gasteiger partial charge in [0.05, 0.1) is 11.1 Å². The number of rotatable bonds is 3. The van der Waals surface area contributed by atoms with Crippen LogP contribution in [0.5, 0.6) is 0 Å². The van der Waals surface area contributed by atoms with Gasteiger partial charge in [0.1, 0.15) is 10.9 Å². The zero-order valence-electron chi connectivity index (χ0n) is 15.9. The van der Waals surface area contributed by atoms with Crippen molar-refractivity contribution < 1.29 is 9.53 Å². The maximum Gasteiger partial charge on any atom is 0.343 e. The highest BCUT2D eigenvalue weighted by atomic mass is 35.5. The molecule has 144 valence electrons. The third-order valence-corrected chi connectivity index (χ3v) is 5.32. The Morgan fingerprint density at radius 2 is 1.47 bits per heavy atom. The Bertz CT molecular complexity index is 1320. The fourth-order valence-corrected chi connectivity index (χ4v) is 3.67. The number of nitrogens with zero attached hydrogens (tertiary/aromatic N) is 1. The van der Waals surface area contributed by atoms with Gasteiger partial charge in [0.15, 0.2) is 0 Å². The molecule has 4 aromatic rings. The van der Waals surface area contributed by atoms with E-state index in [9.17, 15) is 4.79 Å². The van der Waals surface area contributed by atoms with E-state index in [2.05, 4.69) is 17.1 Å². The summed E-state index contributed by atoms with van der Waals surface area (Å²) in [7, 11) is 0. The van der Waals surface area contributed by atoms with E-state index in [-0.39, 0.29) is 0 Å². The maximum atomic E-state index is 12.4. The molecule has 2 heterocycles. The summed E-state index contributed by atoms with van der Waals surface area (Å²) in [6.07, 6.45) is 3.46. The molecule has 1 aliphatic rings. The molecule has 1 aromatic heterocycles. The Morgan fingerprint density at radius 1 is 0.800 bits per heavy atom. The molecule has 0 aliphatic carbocycles. The van der Waals surface area contributed by atoms with Crippen molar-refractivity contribution in [3.8, 4) is 11.1 Å². The number of aromatic nitrogens is 1. The largest absolute Gasteiger partial charge is 0.422 e. The number of carbonyl (C=O) groups excluding carboxylic acids is 1. The van der Waals surface area contributed by atoms with Crippen LogP contribution in [0.2, 0.25) is 5.15 Å².